The first-order valence-electron chi connectivity index (χ1n) is 6.97. The molecule has 1 aromatic carbocycles. The van der Waals surface area contributed by atoms with Crippen molar-refractivity contribution in [3.05, 3.63) is 41.6 Å². The van der Waals surface area contributed by atoms with Gasteiger partial charge in [0, 0.05) is 12.2 Å². The van der Waals surface area contributed by atoms with E-state index in [1.807, 2.05) is 26.0 Å². The molecule has 3 rings (SSSR count). The number of aryl methyl sites for hydroxylation is 1. The van der Waals surface area contributed by atoms with Gasteiger partial charge in [0.2, 0.25) is 0 Å². The van der Waals surface area contributed by atoms with Crippen molar-refractivity contribution >= 4 is 10.0 Å². The van der Waals surface area contributed by atoms with Crippen molar-refractivity contribution in [3.8, 4) is 0 Å². The molecule has 0 amide bonds. The second-order valence-corrected chi connectivity index (χ2v) is 8.63. The number of hydrogen-bond acceptors (Lipinski definition) is 2. The Morgan fingerprint density at radius 1 is 1.10 bits per heavy atom. The number of benzene rings is 1. The second kappa shape index (κ2) is 3.88. The molecule has 0 spiro atoms. The molecule has 0 radical (unpaired) electrons. The Bertz CT molecular complexity index is 690. The average Bonchev–Trinajstić information content (AvgIpc) is 2.90. The maximum atomic E-state index is 12.8. The highest BCUT2D eigenvalue weighted by atomic mass is 32.2. The summed E-state index contributed by atoms with van der Waals surface area (Å²) in [7, 11) is -3.43. The third-order valence-corrected chi connectivity index (χ3v) is 6.90. The summed E-state index contributed by atoms with van der Waals surface area (Å²) in [5.41, 5.74) is 2.18. The molecule has 2 aliphatic rings. The molecule has 4 heteroatoms. The van der Waals surface area contributed by atoms with Gasteiger partial charge in [-0.2, -0.15) is 0 Å². The molecule has 0 aromatic heterocycles. The first-order valence-corrected chi connectivity index (χ1v) is 8.41. The Hall–Kier alpha value is -1.29. The average molecular weight is 291 g/mol. The maximum absolute atomic E-state index is 12.8. The Morgan fingerprint density at radius 2 is 1.70 bits per heavy atom. The molecule has 20 heavy (non-hydrogen) atoms. The van der Waals surface area contributed by atoms with Gasteiger partial charge in [0.15, 0.2) is 0 Å². The van der Waals surface area contributed by atoms with E-state index in [0.717, 1.165) is 17.7 Å². The van der Waals surface area contributed by atoms with Gasteiger partial charge in [-0.1, -0.05) is 37.6 Å². The Kier molecular flexibility index (Phi) is 2.65. The summed E-state index contributed by atoms with van der Waals surface area (Å²) in [6.45, 7) is 8.83. The molecule has 2 atom stereocenters. The van der Waals surface area contributed by atoms with Crippen LogP contribution in [0.1, 0.15) is 32.8 Å². The van der Waals surface area contributed by atoms with Gasteiger partial charge in [0.1, 0.15) is 0 Å². The molecule has 0 bridgehead atoms. The minimum Gasteiger partial charge on any atom is -0.270 e. The SMILES string of the molecule is CC1=CC2(C)CC2(C)CN1S(=O)(=O)c1ccc(C)cc1. The number of hydrogen-bond donors (Lipinski definition) is 0. The largest absolute Gasteiger partial charge is 0.270 e. The van der Waals surface area contributed by atoms with Crippen LogP contribution in [-0.2, 0) is 10.0 Å². The molecule has 0 N–H and O–H groups in total. The van der Waals surface area contributed by atoms with E-state index < -0.39 is 10.0 Å². The monoisotopic (exact) mass is 291 g/mol. The van der Waals surface area contributed by atoms with E-state index in [1.54, 1.807) is 16.4 Å². The van der Waals surface area contributed by atoms with Gasteiger partial charge >= 0.3 is 0 Å². The standard InChI is InChI=1S/C16H21NO2S/c1-12-5-7-14(8-6-12)20(18,19)17-11-16(4)10-15(16,3)9-13(17)2/h5-9H,10-11H2,1-4H3. The zero-order valence-electron chi connectivity index (χ0n) is 12.5. The molecule has 1 saturated carbocycles. The molecule has 2 unspecified atom stereocenters. The molecular weight excluding hydrogens is 270 g/mol. The zero-order valence-corrected chi connectivity index (χ0v) is 13.3. The number of rotatable bonds is 2. The Morgan fingerprint density at radius 3 is 2.30 bits per heavy atom. The molecule has 1 fully saturated rings. The van der Waals surface area contributed by atoms with Crippen LogP contribution in [0.5, 0.6) is 0 Å². The summed E-state index contributed by atoms with van der Waals surface area (Å²) in [5.74, 6) is 0. The lowest BCUT2D eigenvalue weighted by atomic mass is 9.92. The summed E-state index contributed by atoms with van der Waals surface area (Å²) in [4.78, 5) is 0.378. The summed E-state index contributed by atoms with van der Waals surface area (Å²) in [5, 5.41) is 0. The number of nitrogens with zero attached hydrogens (tertiary/aromatic N) is 1. The van der Waals surface area contributed by atoms with Crippen molar-refractivity contribution < 1.29 is 8.42 Å². The number of allylic oxidation sites excluding steroid dienone is 2. The van der Waals surface area contributed by atoms with Crippen LogP contribution in [0.4, 0.5) is 0 Å². The smallest absolute Gasteiger partial charge is 0.264 e. The summed E-state index contributed by atoms with van der Waals surface area (Å²) in [6.07, 6.45) is 3.19. The quantitative estimate of drug-likeness (QED) is 0.838. The first-order chi connectivity index (χ1) is 9.18. The first kappa shape index (κ1) is 13.7. The molecule has 1 aliphatic heterocycles. The molecule has 1 aliphatic carbocycles. The predicted molar refractivity (Wildman–Crippen MR) is 79.7 cm³/mol. The fourth-order valence-corrected chi connectivity index (χ4v) is 4.94. The van der Waals surface area contributed by atoms with Gasteiger partial charge < -0.3 is 0 Å². The van der Waals surface area contributed by atoms with E-state index in [9.17, 15) is 8.42 Å². The van der Waals surface area contributed by atoms with Crippen molar-refractivity contribution in [1.82, 2.24) is 4.31 Å². The topological polar surface area (TPSA) is 37.4 Å². The van der Waals surface area contributed by atoms with Crippen LogP contribution in [0.2, 0.25) is 0 Å². The Labute approximate surface area is 121 Å². The zero-order chi connectivity index (χ0) is 14.8. The van der Waals surface area contributed by atoms with E-state index in [4.69, 9.17) is 0 Å². The van der Waals surface area contributed by atoms with Crippen LogP contribution in [-0.4, -0.2) is 19.3 Å². The highest BCUT2D eigenvalue weighted by molar-refractivity contribution is 7.89. The molecule has 1 heterocycles. The van der Waals surface area contributed by atoms with Crippen LogP contribution < -0.4 is 0 Å². The van der Waals surface area contributed by atoms with Gasteiger partial charge in [-0.3, -0.25) is 4.31 Å². The van der Waals surface area contributed by atoms with Crippen molar-refractivity contribution in [2.24, 2.45) is 10.8 Å². The van der Waals surface area contributed by atoms with Crippen LogP contribution in [0.3, 0.4) is 0 Å². The summed E-state index contributed by atoms with van der Waals surface area (Å²) in [6, 6.07) is 7.08. The van der Waals surface area contributed by atoms with E-state index in [2.05, 4.69) is 19.9 Å². The summed E-state index contributed by atoms with van der Waals surface area (Å²) < 4.78 is 27.2. The lowest BCUT2D eigenvalue weighted by Crippen LogP contribution is -2.38. The lowest BCUT2D eigenvalue weighted by Gasteiger charge is -2.34. The minimum atomic E-state index is -3.43. The highest BCUT2D eigenvalue weighted by Gasteiger charge is 2.63. The van der Waals surface area contributed by atoms with Gasteiger partial charge in [-0.15, -0.1) is 0 Å². The fourth-order valence-electron chi connectivity index (χ4n) is 3.31. The van der Waals surface area contributed by atoms with E-state index in [1.165, 1.54) is 0 Å². The number of sulfonamides is 1. The van der Waals surface area contributed by atoms with Crippen molar-refractivity contribution in [1.29, 1.82) is 0 Å². The van der Waals surface area contributed by atoms with Gasteiger partial charge in [-0.05, 0) is 43.2 Å². The van der Waals surface area contributed by atoms with Crippen LogP contribution in [0.25, 0.3) is 0 Å². The maximum Gasteiger partial charge on any atom is 0.264 e. The second-order valence-electron chi connectivity index (χ2n) is 6.77. The Balaban J connectivity index is 2.01. The molecule has 3 nitrogen and oxygen atoms in total. The normalized spacial score (nSPS) is 32.6. The molecule has 0 saturated heterocycles. The predicted octanol–water partition coefficient (Wildman–Crippen LogP) is 3.32. The van der Waals surface area contributed by atoms with Crippen LogP contribution >= 0.6 is 0 Å². The van der Waals surface area contributed by atoms with Gasteiger partial charge in [-0.25, -0.2) is 8.42 Å². The third kappa shape index (κ3) is 1.81. The molecular formula is C16H21NO2S. The van der Waals surface area contributed by atoms with Crippen molar-refractivity contribution in [2.75, 3.05) is 6.54 Å². The number of fused-ring (bicyclic) bond motifs is 1. The fraction of sp³-hybridized carbons (Fsp3) is 0.500. The third-order valence-electron chi connectivity index (χ3n) is 5.03. The molecule has 1 aromatic rings. The lowest BCUT2D eigenvalue weighted by molar-refractivity contribution is 0.320. The minimum absolute atomic E-state index is 0.0876. The van der Waals surface area contributed by atoms with E-state index >= 15 is 0 Å². The van der Waals surface area contributed by atoms with Crippen LogP contribution in [0, 0.1) is 17.8 Å². The van der Waals surface area contributed by atoms with Gasteiger partial charge in [0.25, 0.3) is 10.0 Å². The van der Waals surface area contributed by atoms with Gasteiger partial charge in [0.05, 0.1) is 4.90 Å². The summed E-state index contributed by atoms with van der Waals surface area (Å²) >= 11 is 0. The van der Waals surface area contributed by atoms with Crippen molar-refractivity contribution in [3.63, 3.8) is 0 Å². The van der Waals surface area contributed by atoms with E-state index in [0.29, 0.717) is 11.4 Å². The van der Waals surface area contributed by atoms with Crippen molar-refractivity contribution in [2.45, 2.75) is 39.0 Å². The molecule has 108 valence electrons. The highest BCUT2D eigenvalue weighted by Crippen LogP contribution is 2.67. The van der Waals surface area contributed by atoms with Crippen LogP contribution in [0.15, 0.2) is 40.9 Å². The van der Waals surface area contributed by atoms with E-state index in [-0.39, 0.29) is 10.8 Å².